The first-order valence-electron chi connectivity index (χ1n) is 10.6. The number of sulfonamides is 1. The molecule has 1 aliphatic rings. The van der Waals surface area contributed by atoms with Crippen molar-refractivity contribution in [2.24, 2.45) is 0 Å². The summed E-state index contributed by atoms with van der Waals surface area (Å²) < 4.78 is 38.0. The highest BCUT2D eigenvalue weighted by molar-refractivity contribution is 7.89. The fraction of sp³-hybridized carbons (Fsp3) is 0.458. The average molecular weight is 480 g/mol. The molecule has 1 heterocycles. The third-order valence-electron chi connectivity index (χ3n) is 5.68. The molecule has 0 aliphatic carbocycles. The Balaban J connectivity index is 1.81. The number of nitrogens with zero attached hydrogens (tertiary/aromatic N) is 1. The number of carbonyl (C=O) groups is 1. The molecule has 32 heavy (non-hydrogen) atoms. The van der Waals surface area contributed by atoms with E-state index in [4.69, 9.17) is 21.1 Å². The summed E-state index contributed by atoms with van der Waals surface area (Å²) in [6.45, 7) is 11.8. The predicted octanol–water partition coefficient (Wildman–Crippen LogP) is 4.63. The Morgan fingerprint density at radius 1 is 1.09 bits per heavy atom. The minimum Gasteiger partial charge on any atom is -0.457 e. The van der Waals surface area contributed by atoms with Crippen LogP contribution in [0.5, 0.6) is 0 Å². The summed E-state index contributed by atoms with van der Waals surface area (Å²) in [6, 6.07) is 8.33. The lowest BCUT2D eigenvalue weighted by Crippen LogP contribution is -2.40. The van der Waals surface area contributed by atoms with E-state index in [9.17, 15) is 13.2 Å². The SMILES string of the molecule is Cc1cc(C(C)(C)C)cc(C)c1COC(=O)c1cc(S(=O)(=O)N2CCOCC2)ccc1Cl. The highest BCUT2D eigenvalue weighted by atomic mass is 35.5. The van der Waals surface area contributed by atoms with Gasteiger partial charge in [-0.1, -0.05) is 44.5 Å². The molecule has 0 saturated carbocycles. The molecule has 0 atom stereocenters. The fourth-order valence-corrected chi connectivity index (χ4v) is 5.26. The van der Waals surface area contributed by atoms with E-state index >= 15 is 0 Å². The molecule has 0 unspecified atom stereocenters. The molecular weight excluding hydrogens is 450 g/mol. The minimum atomic E-state index is -3.75. The summed E-state index contributed by atoms with van der Waals surface area (Å²) >= 11 is 6.21. The number of benzene rings is 2. The van der Waals surface area contributed by atoms with Crippen LogP contribution >= 0.6 is 11.6 Å². The fourth-order valence-electron chi connectivity index (χ4n) is 3.63. The summed E-state index contributed by atoms with van der Waals surface area (Å²) in [5, 5.41) is 0.146. The predicted molar refractivity (Wildman–Crippen MR) is 125 cm³/mol. The zero-order valence-electron chi connectivity index (χ0n) is 19.2. The van der Waals surface area contributed by atoms with E-state index in [1.807, 2.05) is 13.8 Å². The van der Waals surface area contributed by atoms with E-state index in [0.717, 1.165) is 16.7 Å². The third kappa shape index (κ3) is 5.34. The van der Waals surface area contributed by atoms with Crippen LogP contribution in [0.4, 0.5) is 0 Å². The third-order valence-corrected chi connectivity index (χ3v) is 7.90. The first kappa shape index (κ1) is 24.7. The van der Waals surface area contributed by atoms with Gasteiger partial charge in [0.2, 0.25) is 10.0 Å². The highest BCUT2D eigenvalue weighted by Crippen LogP contribution is 2.28. The van der Waals surface area contributed by atoms with Crippen molar-refractivity contribution in [1.29, 1.82) is 0 Å². The van der Waals surface area contributed by atoms with Crippen LogP contribution in [0.3, 0.4) is 0 Å². The van der Waals surface area contributed by atoms with Crippen LogP contribution in [0.1, 0.15) is 53.4 Å². The molecule has 0 N–H and O–H groups in total. The molecule has 6 nitrogen and oxygen atoms in total. The summed E-state index contributed by atoms with van der Waals surface area (Å²) in [5.41, 5.74) is 4.27. The lowest BCUT2D eigenvalue weighted by atomic mass is 9.84. The van der Waals surface area contributed by atoms with E-state index < -0.39 is 16.0 Å². The normalized spacial score (nSPS) is 15.6. The standard InChI is InChI=1S/C24H30ClNO5S/c1-16-12-18(24(3,4)5)13-17(2)21(16)15-31-23(27)20-14-19(6-7-22(20)25)32(28,29)26-8-10-30-11-9-26/h6-7,12-14H,8-11,15H2,1-5H3. The van der Waals surface area contributed by atoms with E-state index in [1.54, 1.807) is 0 Å². The van der Waals surface area contributed by atoms with Crippen molar-refractivity contribution in [2.75, 3.05) is 26.3 Å². The maximum atomic E-state index is 12.9. The number of ether oxygens (including phenoxy) is 2. The number of halogens is 1. The van der Waals surface area contributed by atoms with Crippen molar-refractivity contribution >= 4 is 27.6 Å². The molecule has 1 saturated heterocycles. The Labute approximate surface area is 195 Å². The van der Waals surface area contributed by atoms with Crippen molar-refractivity contribution in [3.05, 3.63) is 63.2 Å². The molecule has 174 valence electrons. The molecule has 0 bridgehead atoms. The Hall–Kier alpha value is -1.93. The number of aryl methyl sites for hydroxylation is 2. The highest BCUT2D eigenvalue weighted by Gasteiger charge is 2.28. The second-order valence-electron chi connectivity index (χ2n) is 9.07. The maximum Gasteiger partial charge on any atom is 0.340 e. The van der Waals surface area contributed by atoms with Crippen LogP contribution in [-0.4, -0.2) is 45.0 Å². The van der Waals surface area contributed by atoms with Gasteiger partial charge in [0.1, 0.15) is 6.61 Å². The van der Waals surface area contributed by atoms with Gasteiger partial charge >= 0.3 is 5.97 Å². The second-order valence-corrected chi connectivity index (χ2v) is 11.4. The van der Waals surface area contributed by atoms with Crippen molar-refractivity contribution in [3.8, 4) is 0 Å². The first-order valence-corrected chi connectivity index (χ1v) is 12.4. The first-order chi connectivity index (χ1) is 14.9. The second kappa shape index (κ2) is 9.51. The Kier molecular flexibility index (Phi) is 7.34. The summed E-state index contributed by atoms with van der Waals surface area (Å²) in [7, 11) is -3.75. The smallest absolute Gasteiger partial charge is 0.340 e. The Morgan fingerprint density at radius 2 is 1.69 bits per heavy atom. The average Bonchev–Trinajstić information content (AvgIpc) is 2.73. The van der Waals surface area contributed by atoms with Gasteiger partial charge in [-0.2, -0.15) is 4.31 Å². The quantitative estimate of drug-likeness (QED) is 0.584. The van der Waals surface area contributed by atoms with E-state index in [2.05, 4.69) is 32.9 Å². The van der Waals surface area contributed by atoms with Gasteiger partial charge < -0.3 is 9.47 Å². The van der Waals surface area contributed by atoms with Gasteiger partial charge in [-0.3, -0.25) is 0 Å². The number of carbonyl (C=O) groups excluding carboxylic acids is 1. The van der Waals surface area contributed by atoms with Crippen molar-refractivity contribution in [1.82, 2.24) is 4.31 Å². The van der Waals surface area contributed by atoms with Crippen LogP contribution in [0, 0.1) is 13.8 Å². The molecule has 2 aromatic carbocycles. The van der Waals surface area contributed by atoms with Gasteiger partial charge in [0.25, 0.3) is 0 Å². The number of hydrogen-bond donors (Lipinski definition) is 0. The Morgan fingerprint density at radius 3 is 2.25 bits per heavy atom. The van der Waals surface area contributed by atoms with Crippen LogP contribution in [0.2, 0.25) is 5.02 Å². The van der Waals surface area contributed by atoms with Gasteiger partial charge in [-0.05, 0) is 59.7 Å². The topological polar surface area (TPSA) is 72.9 Å². The van der Waals surface area contributed by atoms with Crippen molar-refractivity contribution in [3.63, 3.8) is 0 Å². The number of hydrogen-bond acceptors (Lipinski definition) is 5. The molecule has 0 amide bonds. The van der Waals surface area contributed by atoms with Gasteiger partial charge in [-0.15, -0.1) is 0 Å². The summed E-state index contributed by atoms with van der Waals surface area (Å²) in [4.78, 5) is 12.8. The molecule has 8 heteroatoms. The molecule has 0 radical (unpaired) electrons. The lowest BCUT2D eigenvalue weighted by Gasteiger charge is -2.26. The molecule has 2 aromatic rings. The van der Waals surface area contributed by atoms with Gasteiger partial charge in [-0.25, -0.2) is 13.2 Å². The van der Waals surface area contributed by atoms with Crippen molar-refractivity contribution in [2.45, 2.75) is 51.5 Å². The van der Waals surface area contributed by atoms with Crippen molar-refractivity contribution < 1.29 is 22.7 Å². The number of morpholine rings is 1. The maximum absolute atomic E-state index is 12.9. The lowest BCUT2D eigenvalue weighted by molar-refractivity contribution is 0.0471. The number of rotatable bonds is 5. The molecule has 1 aliphatic heterocycles. The largest absolute Gasteiger partial charge is 0.457 e. The summed E-state index contributed by atoms with van der Waals surface area (Å²) in [6.07, 6.45) is 0. The molecule has 0 aromatic heterocycles. The molecule has 0 spiro atoms. The summed E-state index contributed by atoms with van der Waals surface area (Å²) in [5.74, 6) is -0.660. The van der Waals surface area contributed by atoms with Crippen LogP contribution in [0.25, 0.3) is 0 Å². The van der Waals surface area contributed by atoms with Gasteiger partial charge in [0.15, 0.2) is 0 Å². The molecule has 3 rings (SSSR count). The molecular formula is C24H30ClNO5S. The van der Waals surface area contributed by atoms with Gasteiger partial charge in [0.05, 0.1) is 28.7 Å². The van der Waals surface area contributed by atoms with Crippen LogP contribution in [-0.2, 0) is 31.5 Å². The Bertz CT molecular complexity index is 1090. The van der Waals surface area contributed by atoms with E-state index in [-0.39, 0.29) is 40.6 Å². The molecule has 1 fully saturated rings. The number of esters is 1. The monoisotopic (exact) mass is 479 g/mol. The van der Waals surface area contributed by atoms with Crippen LogP contribution < -0.4 is 0 Å². The minimum absolute atomic E-state index is 0.0117. The van der Waals surface area contributed by atoms with Gasteiger partial charge in [0, 0.05) is 13.1 Å². The van der Waals surface area contributed by atoms with E-state index in [0.29, 0.717) is 13.2 Å². The van der Waals surface area contributed by atoms with E-state index in [1.165, 1.54) is 28.1 Å². The zero-order chi connectivity index (χ0) is 23.7. The zero-order valence-corrected chi connectivity index (χ0v) is 20.8. The van der Waals surface area contributed by atoms with Crippen LogP contribution in [0.15, 0.2) is 35.2 Å².